The molecule has 4 heavy (non-hydrogen) atoms. The first kappa shape index (κ1) is 4.47. The molecule has 0 unspecified atom stereocenters. The van der Waals surface area contributed by atoms with Crippen LogP contribution >= 0.6 is 0 Å². The average Bonchev–Trinajstić information content (AvgIpc) is 1.37. The molecule has 1 heteroatoms. The van der Waals surface area contributed by atoms with Crippen molar-refractivity contribution in [2.24, 2.45) is 0 Å². The summed E-state index contributed by atoms with van der Waals surface area (Å²) in [6.07, 6.45) is 1.86. The highest BCUT2D eigenvalue weighted by atomic mass is 127. The Morgan fingerprint density at radius 3 is 2.25 bits per heavy atom. The van der Waals surface area contributed by atoms with E-state index in [2.05, 4.69) is 29.2 Å². The SMILES string of the molecule is C=CC[I+3]. The van der Waals surface area contributed by atoms with Crippen LogP contribution in [-0.4, -0.2) is 4.43 Å². The van der Waals surface area contributed by atoms with Crippen LogP contribution in [0.3, 0.4) is 0 Å². The Morgan fingerprint density at radius 1 is 2.00 bits per heavy atom. The zero-order chi connectivity index (χ0) is 3.41. The Balaban J connectivity index is 2.30. The van der Waals surface area contributed by atoms with E-state index in [1.54, 1.807) is 0 Å². The van der Waals surface area contributed by atoms with Crippen LogP contribution in [0.4, 0.5) is 0 Å². The number of allylic oxidation sites excluding steroid dienone is 1. The van der Waals surface area contributed by atoms with Gasteiger partial charge in [-0.2, -0.15) is 0 Å². The summed E-state index contributed by atoms with van der Waals surface area (Å²) in [5.41, 5.74) is 0. The van der Waals surface area contributed by atoms with E-state index >= 15 is 0 Å². The van der Waals surface area contributed by atoms with Gasteiger partial charge < -0.3 is 0 Å². The molecule has 0 saturated heterocycles. The Labute approximate surface area is 40.0 Å². The fourth-order valence-electron chi connectivity index (χ4n) is 0. The van der Waals surface area contributed by atoms with E-state index in [1.165, 1.54) is 0 Å². The molecule has 3 radical (unpaired) electrons. The zero-order valence-corrected chi connectivity index (χ0v) is 4.53. The van der Waals surface area contributed by atoms with E-state index in [1.807, 2.05) is 6.08 Å². The quantitative estimate of drug-likeness (QED) is 0.235. The first-order chi connectivity index (χ1) is 1.91. The Hall–Kier alpha value is 0.470. The molecule has 0 spiro atoms. The van der Waals surface area contributed by atoms with E-state index in [0.717, 1.165) is 4.43 Å². The molecule has 21 valence electrons. The predicted octanol–water partition coefficient (Wildman–Crippen LogP) is -2.27. The van der Waals surface area contributed by atoms with Crippen LogP contribution in [0.1, 0.15) is 0 Å². The van der Waals surface area contributed by atoms with Gasteiger partial charge in [0.2, 0.25) is 0 Å². The molecule has 0 aliphatic heterocycles. The van der Waals surface area contributed by atoms with Crippen LogP contribution in [0.25, 0.3) is 0 Å². The largest absolute Gasteiger partial charge is 1.75 e. The highest BCUT2D eigenvalue weighted by Crippen LogP contribution is 1.34. The highest BCUT2D eigenvalue weighted by Gasteiger charge is 2.47. The minimum Gasteiger partial charge on any atom is -0.0882 e. The van der Waals surface area contributed by atoms with Gasteiger partial charge in [-0.3, -0.25) is 0 Å². The van der Waals surface area contributed by atoms with E-state index in [9.17, 15) is 0 Å². The first-order valence-electron chi connectivity index (χ1n) is 1.08. The van der Waals surface area contributed by atoms with Gasteiger partial charge in [-0.25, -0.2) is 0 Å². The van der Waals surface area contributed by atoms with Gasteiger partial charge in [0, 0.05) is 0 Å². The van der Waals surface area contributed by atoms with E-state index in [0.29, 0.717) is 0 Å². The number of hydrogen-bond acceptors (Lipinski definition) is 0. The van der Waals surface area contributed by atoms with Crippen molar-refractivity contribution in [1.82, 2.24) is 0 Å². The summed E-state index contributed by atoms with van der Waals surface area (Å²) in [5.74, 6) is 0. The molecule has 0 heterocycles. The predicted molar refractivity (Wildman–Crippen MR) is 15.1 cm³/mol. The smallest absolute Gasteiger partial charge is 0.0882 e. The van der Waals surface area contributed by atoms with Crippen LogP contribution in [-0.2, 0) is 0 Å². The minimum absolute atomic E-state index is 1.05. The molecule has 0 aromatic carbocycles. The van der Waals surface area contributed by atoms with Gasteiger partial charge in [-0.05, 0) is 0 Å². The monoisotopic (exact) mass is 168 g/mol. The number of halogens is 1. The first-order valence-corrected chi connectivity index (χ1v) is 2.61. The summed E-state index contributed by atoms with van der Waals surface area (Å²) in [6.45, 7) is 3.47. The van der Waals surface area contributed by atoms with Gasteiger partial charge >= 0.3 is 27.0 Å². The van der Waals surface area contributed by atoms with Crippen LogP contribution in [0.15, 0.2) is 12.7 Å². The van der Waals surface area contributed by atoms with Crippen LogP contribution in [0.2, 0.25) is 0 Å². The standard InChI is InChI=1S/C3H5I/c1-2-3-4/h2H,1,3H2/q+3. The fraction of sp³-hybridized carbons (Fsp3) is 0.333. The van der Waals surface area contributed by atoms with Crippen molar-refractivity contribution in [1.29, 1.82) is 0 Å². The molecular weight excluding hydrogens is 163 g/mol. The zero-order valence-electron chi connectivity index (χ0n) is 2.37. The molecule has 0 N–H and O–H groups in total. The van der Waals surface area contributed by atoms with Gasteiger partial charge in [0.15, 0.2) is 0 Å². The van der Waals surface area contributed by atoms with Crippen molar-refractivity contribution in [2.45, 2.75) is 0 Å². The molecular formula is C3H5I+3. The highest BCUT2D eigenvalue weighted by molar-refractivity contribution is 4.59. The number of rotatable bonds is 1. The van der Waals surface area contributed by atoms with Crippen molar-refractivity contribution in [3.63, 3.8) is 0 Å². The summed E-state index contributed by atoms with van der Waals surface area (Å²) in [7, 11) is 0. The molecule has 0 aromatic heterocycles. The van der Waals surface area contributed by atoms with Crippen molar-refractivity contribution in [2.75, 3.05) is 4.43 Å². The maximum absolute atomic E-state index is 3.47. The van der Waals surface area contributed by atoms with Crippen molar-refractivity contribution < 1.29 is 22.6 Å². The molecule has 0 aliphatic carbocycles. The van der Waals surface area contributed by atoms with Gasteiger partial charge in [0.1, 0.15) is 0 Å². The summed E-state index contributed by atoms with van der Waals surface area (Å²) >= 11 is 2.23. The molecule has 0 fully saturated rings. The maximum atomic E-state index is 3.47. The number of alkyl halides is 1. The Bertz CT molecular complexity index is 17.2. The van der Waals surface area contributed by atoms with E-state index in [4.69, 9.17) is 0 Å². The second-order valence-corrected chi connectivity index (χ2v) is 1.32. The molecule has 0 nitrogen and oxygen atoms in total. The summed E-state index contributed by atoms with van der Waals surface area (Å²) in [6, 6.07) is 0. The molecule has 0 rings (SSSR count). The van der Waals surface area contributed by atoms with Crippen molar-refractivity contribution in [3.05, 3.63) is 12.7 Å². The van der Waals surface area contributed by atoms with Gasteiger partial charge in [0.05, 0.1) is 6.08 Å². The third-order valence-corrected chi connectivity index (χ3v) is 0.732. The van der Waals surface area contributed by atoms with Crippen LogP contribution in [0.5, 0.6) is 0 Å². The maximum Gasteiger partial charge on any atom is 1.75 e. The fourth-order valence-corrected chi connectivity index (χ4v) is 0. The Morgan fingerprint density at radius 2 is 2.25 bits per heavy atom. The third-order valence-electron chi connectivity index (χ3n) is 0.109. The lowest BCUT2D eigenvalue weighted by molar-refractivity contribution is -0.352. The van der Waals surface area contributed by atoms with Crippen molar-refractivity contribution >= 4 is 0 Å². The van der Waals surface area contributed by atoms with Gasteiger partial charge in [0.25, 0.3) is 0 Å². The number of hydrogen-bond donors (Lipinski definition) is 0. The van der Waals surface area contributed by atoms with Crippen LogP contribution in [0, 0.1) is 0 Å². The van der Waals surface area contributed by atoms with Gasteiger partial charge in [-0.15, -0.1) is 0 Å². The average molecular weight is 168 g/mol. The minimum atomic E-state index is 1.05. The van der Waals surface area contributed by atoms with Gasteiger partial charge in [-0.1, -0.05) is 6.58 Å². The molecule has 0 aliphatic rings. The lowest BCUT2D eigenvalue weighted by atomic mass is 10.8. The lowest BCUT2D eigenvalue weighted by Crippen LogP contribution is -3.35. The van der Waals surface area contributed by atoms with Crippen molar-refractivity contribution in [3.8, 4) is 0 Å². The normalized spacial score (nSPS) is 6.25. The Kier molecular flexibility index (Phi) is 3.88. The lowest BCUT2D eigenvalue weighted by Gasteiger charge is -1.12. The third kappa shape index (κ3) is 2.47. The topological polar surface area (TPSA) is 0 Å². The van der Waals surface area contributed by atoms with Crippen LogP contribution < -0.4 is 22.6 Å². The summed E-state index contributed by atoms with van der Waals surface area (Å²) < 4.78 is 1.05. The van der Waals surface area contributed by atoms with E-state index in [-0.39, 0.29) is 0 Å². The molecule has 0 bridgehead atoms. The molecule has 0 atom stereocenters. The molecule has 0 saturated carbocycles. The second kappa shape index (κ2) is 3.47. The summed E-state index contributed by atoms with van der Waals surface area (Å²) in [5, 5.41) is 0. The van der Waals surface area contributed by atoms with E-state index < -0.39 is 0 Å². The molecule has 0 aromatic rings. The second-order valence-electron chi connectivity index (χ2n) is 0.443. The summed E-state index contributed by atoms with van der Waals surface area (Å²) in [4.78, 5) is 0. The molecule has 0 amide bonds.